The molecular weight excluding hydrogens is 216 g/mol. The minimum absolute atomic E-state index is 0.445. The van der Waals surface area contributed by atoms with E-state index in [0.717, 1.165) is 30.2 Å². The first-order valence-corrected chi connectivity index (χ1v) is 5.67. The lowest BCUT2D eigenvalue weighted by molar-refractivity contribution is 0.313. The van der Waals surface area contributed by atoms with Gasteiger partial charge in [0.15, 0.2) is 0 Å². The molecule has 0 aromatic carbocycles. The molecule has 0 aliphatic carbocycles. The number of nitrogens with zero attached hydrogens (tertiary/aromatic N) is 1. The van der Waals surface area contributed by atoms with Crippen molar-refractivity contribution in [3.63, 3.8) is 0 Å². The minimum atomic E-state index is 0.445. The predicted molar refractivity (Wildman–Crippen MR) is 65.2 cm³/mol. The van der Waals surface area contributed by atoms with Gasteiger partial charge in [-0.2, -0.15) is 0 Å². The molecule has 0 saturated heterocycles. The lowest BCUT2D eigenvalue weighted by Gasteiger charge is -2.15. The van der Waals surface area contributed by atoms with Crippen LogP contribution in [0.5, 0.6) is 0 Å². The second kappa shape index (κ2) is 5.21. The molecule has 17 heavy (non-hydrogen) atoms. The molecule has 0 radical (unpaired) electrons. The Hall–Kier alpha value is -1.52. The maximum atomic E-state index is 5.60. The van der Waals surface area contributed by atoms with Gasteiger partial charge in [0.25, 0.3) is 0 Å². The monoisotopic (exact) mass is 234 g/mol. The van der Waals surface area contributed by atoms with E-state index in [2.05, 4.69) is 11.9 Å². The van der Waals surface area contributed by atoms with Gasteiger partial charge in [0, 0.05) is 24.2 Å². The fourth-order valence-corrected chi connectivity index (χ4v) is 1.90. The van der Waals surface area contributed by atoms with E-state index in [0.29, 0.717) is 6.54 Å². The molecule has 0 atom stereocenters. The quantitative estimate of drug-likeness (QED) is 0.862. The van der Waals surface area contributed by atoms with Crippen LogP contribution in [-0.2, 0) is 19.6 Å². The number of hydrogen-bond donors (Lipinski definition) is 1. The van der Waals surface area contributed by atoms with Crippen molar-refractivity contribution in [2.24, 2.45) is 5.73 Å². The van der Waals surface area contributed by atoms with Crippen LogP contribution in [0.3, 0.4) is 0 Å². The van der Waals surface area contributed by atoms with Gasteiger partial charge < -0.3 is 14.6 Å². The van der Waals surface area contributed by atoms with Gasteiger partial charge in [-0.3, -0.25) is 4.90 Å². The van der Waals surface area contributed by atoms with Crippen molar-refractivity contribution < 1.29 is 8.83 Å². The zero-order valence-electron chi connectivity index (χ0n) is 10.3. The van der Waals surface area contributed by atoms with Gasteiger partial charge in [0.1, 0.15) is 11.5 Å². The molecule has 2 heterocycles. The molecule has 0 saturated carbocycles. The van der Waals surface area contributed by atoms with Crippen LogP contribution in [0.25, 0.3) is 0 Å². The molecule has 0 aliphatic rings. The molecule has 0 bridgehead atoms. The van der Waals surface area contributed by atoms with E-state index in [1.54, 1.807) is 12.5 Å². The van der Waals surface area contributed by atoms with Crippen LogP contribution >= 0.6 is 0 Å². The Kier molecular flexibility index (Phi) is 3.66. The number of rotatable bonds is 5. The van der Waals surface area contributed by atoms with Crippen molar-refractivity contribution in [1.29, 1.82) is 0 Å². The lowest BCUT2D eigenvalue weighted by Crippen LogP contribution is -2.18. The number of furan rings is 2. The summed E-state index contributed by atoms with van der Waals surface area (Å²) in [6.07, 6.45) is 3.41. The van der Waals surface area contributed by atoms with E-state index in [1.165, 1.54) is 5.56 Å². The summed E-state index contributed by atoms with van der Waals surface area (Å²) in [6, 6.07) is 3.98. The molecule has 0 aliphatic heterocycles. The van der Waals surface area contributed by atoms with Crippen LogP contribution in [0.4, 0.5) is 0 Å². The van der Waals surface area contributed by atoms with Crippen molar-refractivity contribution in [3.8, 4) is 0 Å². The molecule has 92 valence electrons. The Bertz CT molecular complexity index is 473. The summed E-state index contributed by atoms with van der Waals surface area (Å²) >= 11 is 0. The first-order valence-electron chi connectivity index (χ1n) is 5.67. The van der Waals surface area contributed by atoms with Crippen molar-refractivity contribution >= 4 is 0 Å². The van der Waals surface area contributed by atoms with Gasteiger partial charge in [0.2, 0.25) is 0 Å². The highest BCUT2D eigenvalue weighted by Gasteiger charge is 2.10. The largest absolute Gasteiger partial charge is 0.469 e. The molecule has 2 rings (SSSR count). The summed E-state index contributed by atoms with van der Waals surface area (Å²) in [4.78, 5) is 2.21. The molecule has 0 spiro atoms. The van der Waals surface area contributed by atoms with Gasteiger partial charge in [-0.05, 0) is 26.1 Å². The summed E-state index contributed by atoms with van der Waals surface area (Å²) in [7, 11) is 2.07. The molecule has 0 unspecified atom stereocenters. The Morgan fingerprint density at radius 3 is 2.41 bits per heavy atom. The highest BCUT2D eigenvalue weighted by atomic mass is 16.3. The fraction of sp³-hybridized carbons (Fsp3) is 0.385. The maximum Gasteiger partial charge on any atom is 0.121 e. The maximum absolute atomic E-state index is 5.60. The first kappa shape index (κ1) is 12.0. The molecule has 2 N–H and O–H groups in total. The van der Waals surface area contributed by atoms with Crippen LogP contribution in [0.1, 0.15) is 22.6 Å². The van der Waals surface area contributed by atoms with E-state index in [9.17, 15) is 0 Å². The zero-order chi connectivity index (χ0) is 12.3. The zero-order valence-corrected chi connectivity index (χ0v) is 10.3. The summed E-state index contributed by atoms with van der Waals surface area (Å²) in [5.74, 6) is 1.84. The van der Waals surface area contributed by atoms with Crippen LogP contribution in [-0.4, -0.2) is 11.9 Å². The molecule has 0 amide bonds. The fourth-order valence-electron chi connectivity index (χ4n) is 1.90. The molecule has 2 aromatic heterocycles. The summed E-state index contributed by atoms with van der Waals surface area (Å²) in [5, 5.41) is 0. The lowest BCUT2D eigenvalue weighted by atomic mass is 10.2. The van der Waals surface area contributed by atoms with E-state index in [1.807, 2.05) is 19.1 Å². The average molecular weight is 234 g/mol. The SMILES string of the molecule is Cc1occc1CN(C)Cc1ccoc1CN. The van der Waals surface area contributed by atoms with Gasteiger partial charge in [-0.25, -0.2) is 0 Å². The summed E-state index contributed by atoms with van der Waals surface area (Å²) in [6.45, 7) is 4.11. The van der Waals surface area contributed by atoms with Crippen LogP contribution in [0.2, 0.25) is 0 Å². The Balaban J connectivity index is 1.98. The smallest absolute Gasteiger partial charge is 0.121 e. The summed E-state index contributed by atoms with van der Waals surface area (Å²) in [5.41, 5.74) is 7.97. The topological polar surface area (TPSA) is 55.5 Å². The standard InChI is InChI=1S/C13H18N2O2/c1-10-11(3-5-16-10)8-15(2)9-12-4-6-17-13(12)7-14/h3-6H,7-9,14H2,1-2H3. The predicted octanol–water partition coefficient (Wildman–Crippen LogP) is 2.27. The van der Waals surface area contributed by atoms with Crippen LogP contribution < -0.4 is 5.73 Å². The van der Waals surface area contributed by atoms with Crippen molar-refractivity contribution in [3.05, 3.63) is 47.3 Å². The molecule has 2 aromatic rings. The van der Waals surface area contributed by atoms with Crippen molar-refractivity contribution in [2.75, 3.05) is 7.05 Å². The summed E-state index contributed by atoms with van der Waals surface area (Å²) < 4.78 is 10.6. The second-order valence-corrected chi connectivity index (χ2v) is 4.25. The van der Waals surface area contributed by atoms with Crippen LogP contribution in [0.15, 0.2) is 33.5 Å². The molecule has 4 heteroatoms. The molecular formula is C13H18N2O2. The highest BCUT2D eigenvalue weighted by molar-refractivity contribution is 5.18. The van der Waals surface area contributed by atoms with Crippen molar-refractivity contribution in [2.45, 2.75) is 26.6 Å². The Labute approximate surface area is 101 Å². The van der Waals surface area contributed by atoms with E-state index < -0.39 is 0 Å². The van der Waals surface area contributed by atoms with E-state index in [4.69, 9.17) is 14.6 Å². The number of hydrogen-bond acceptors (Lipinski definition) is 4. The Morgan fingerprint density at radius 2 is 1.76 bits per heavy atom. The molecule has 4 nitrogen and oxygen atoms in total. The molecule has 0 fully saturated rings. The van der Waals surface area contributed by atoms with Crippen molar-refractivity contribution in [1.82, 2.24) is 4.90 Å². The third-order valence-corrected chi connectivity index (χ3v) is 2.87. The second-order valence-electron chi connectivity index (χ2n) is 4.25. The average Bonchev–Trinajstić information content (AvgIpc) is 2.89. The van der Waals surface area contributed by atoms with Gasteiger partial charge >= 0.3 is 0 Å². The number of nitrogens with two attached hydrogens (primary N) is 1. The Morgan fingerprint density at radius 1 is 1.12 bits per heavy atom. The minimum Gasteiger partial charge on any atom is -0.469 e. The van der Waals surface area contributed by atoms with E-state index >= 15 is 0 Å². The normalized spacial score (nSPS) is 11.3. The highest BCUT2D eigenvalue weighted by Crippen LogP contribution is 2.15. The van der Waals surface area contributed by atoms with Gasteiger partial charge in [-0.15, -0.1) is 0 Å². The van der Waals surface area contributed by atoms with Gasteiger partial charge in [-0.1, -0.05) is 0 Å². The van der Waals surface area contributed by atoms with E-state index in [-0.39, 0.29) is 0 Å². The van der Waals surface area contributed by atoms with Crippen LogP contribution in [0, 0.1) is 6.92 Å². The third-order valence-electron chi connectivity index (χ3n) is 2.87. The third kappa shape index (κ3) is 2.78. The number of aryl methyl sites for hydroxylation is 1. The first-order chi connectivity index (χ1) is 8.20. The van der Waals surface area contributed by atoms with Gasteiger partial charge in [0.05, 0.1) is 19.1 Å².